The molecule has 0 saturated heterocycles. The molecule has 4 aromatic carbocycles. The first-order valence-electron chi connectivity index (χ1n) is 12.2. The fourth-order valence-corrected chi connectivity index (χ4v) is 7.28. The van der Waals surface area contributed by atoms with Crippen molar-refractivity contribution < 1.29 is 4.79 Å². The number of hydrogen-bond donors (Lipinski definition) is 0. The zero-order chi connectivity index (χ0) is 24.3. The first-order chi connectivity index (χ1) is 17.3. The quantitative estimate of drug-likeness (QED) is 0.170. The van der Waals surface area contributed by atoms with E-state index in [1.54, 1.807) is 6.08 Å². The number of carbonyl (C=O) groups excluding carboxylic acids is 1. The second-order valence-electron chi connectivity index (χ2n) is 8.46. The van der Waals surface area contributed by atoms with Crippen LogP contribution < -0.4 is 10.6 Å². The first kappa shape index (κ1) is 24.6. The SMILES string of the molecule is CCCC(C(=Cc1ccccc1)C(=O)C=Cc1ccccc1)P(c1ccccc1)c1ccccc1. The third-order valence-electron chi connectivity index (χ3n) is 5.93. The summed E-state index contributed by atoms with van der Waals surface area (Å²) >= 11 is 0. The molecule has 1 atom stereocenters. The van der Waals surface area contributed by atoms with E-state index < -0.39 is 7.92 Å². The molecule has 0 aliphatic heterocycles. The van der Waals surface area contributed by atoms with Gasteiger partial charge in [-0.25, -0.2) is 0 Å². The van der Waals surface area contributed by atoms with Gasteiger partial charge in [0.05, 0.1) is 0 Å². The van der Waals surface area contributed by atoms with Crippen LogP contribution in [0.3, 0.4) is 0 Å². The molecule has 0 aliphatic rings. The van der Waals surface area contributed by atoms with Crippen molar-refractivity contribution in [1.29, 1.82) is 0 Å². The highest BCUT2D eigenvalue weighted by molar-refractivity contribution is 7.73. The van der Waals surface area contributed by atoms with Crippen molar-refractivity contribution in [1.82, 2.24) is 0 Å². The molecule has 2 heteroatoms. The molecule has 0 fully saturated rings. The molecule has 0 saturated carbocycles. The Bertz CT molecular complexity index is 1210. The lowest BCUT2D eigenvalue weighted by molar-refractivity contribution is -0.111. The van der Waals surface area contributed by atoms with Crippen molar-refractivity contribution in [3.05, 3.63) is 144 Å². The molecular weight excluding hydrogens is 443 g/mol. The predicted molar refractivity (Wildman–Crippen MR) is 153 cm³/mol. The molecule has 0 radical (unpaired) electrons. The first-order valence-corrected chi connectivity index (χ1v) is 13.6. The number of allylic oxidation sites excluding steroid dienone is 2. The Labute approximate surface area is 210 Å². The summed E-state index contributed by atoms with van der Waals surface area (Å²) in [5, 5.41) is 2.59. The molecule has 0 heterocycles. The van der Waals surface area contributed by atoms with Gasteiger partial charge in [0.25, 0.3) is 0 Å². The van der Waals surface area contributed by atoms with Gasteiger partial charge in [-0.15, -0.1) is 0 Å². The van der Waals surface area contributed by atoms with Crippen molar-refractivity contribution in [3.8, 4) is 0 Å². The van der Waals surface area contributed by atoms with Crippen LogP contribution >= 0.6 is 7.92 Å². The van der Waals surface area contributed by atoms with Gasteiger partial charge in [-0.1, -0.05) is 141 Å². The summed E-state index contributed by atoms with van der Waals surface area (Å²) in [6.45, 7) is 2.21. The molecule has 35 heavy (non-hydrogen) atoms. The monoisotopic (exact) mass is 474 g/mol. The highest BCUT2D eigenvalue weighted by atomic mass is 31.1. The van der Waals surface area contributed by atoms with Crippen LogP contribution in [-0.2, 0) is 4.79 Å². The molecule has 4 rings (SSSR count). The molecule has 1 unspecified atom stereocenters. The van der Waals surface area contributed by atoms with E-state index in [2.05, 4.69) is 85.8 Å². The van der Waals surface area contributed by atoms with Gasteiger partial charge in [0.15, 0.2) is 5.78 Å². The molecule has 0 spiro atoms. The largest absolute Gasteiger partial charge is 0.290 e. The van der Waals surface area contributed by atoms with E-state index in [0.29, 0.717) is 0 Å². The Balaban J connectivity index is 1.83. The molecular formula is C33H31OP. The summed E-state index contributed by atoms with van der Waals surface area (Å²) in [5.41, 5.74) is 3.07. The Kier molecular flexibility index (Phi) is 8.98. The van der Waals surface area contributed by atoms with Crippen LogP contribution in [0.5, 0.6) is 0 Å². The molecule has 174 valence electrons. The van der Waals surface area contributed by atoms with E-state index in [1.807, 2.05) is 54.6 Å². The normalized spacial score (nSPS) is 12.7. The molecule has 0 aromatic heterocycles. The van der Waals surface area contributed by atoms with E-state index in [0.717, 1.165) is 29.5 Å². The van der Waals surface area contributed by atoms with Gasteiger partial charge in [-0.05, 0) is 48.2 Å². The Morgan fingerprint density at radius 3 is 1.63 bits per heavy atom. The highest BCUT2D eigenvalue weighted by Gasteiger charge is 2.29. The van der Waals surface area contributed by atoms with Gasteiger partial charge in [0, 0.05) is 11.2 Å². The van der Waals surface area contributed by atoms with E-state index in [-0.39, 0.29) is 11.4 Å². The van der Waals surface area contributed by atoms with E-state index in [9.17, 15) is 4.79 Å². The fourth-order valence-electron chi connectivity index (χ4n) is 4.28. The number of rotatable bonds is 10. The molecule has 0 aliphatic carbocycles. The maximum absolute atomic E-state index is 13.9. The summed E-state index contributed by atoms with van der Waals surface area (Å²) in [6.07, 6.45) is 7.73. The molecule has 0 bridgehead atoms. The van der Waals surface area contributed by atoms with E-state index in [1.165, 1.54) is 10.6 Å². The fraction of sp³-hybridized carbons (Fsp3) is 0.121. The molecule has 1 nitrogen and oxygen atoms in total. The van der Waals surface area contributed by atoms with Gasteiger partial charge >= 0.3 is 0 Å². The van der Waals surface area contributed by atoms with Crippen LogP contribution in [-0.4, -0.2) is 11.4 Å². The maximum atomic E-state index is 13.9. The average Bonchev–Trinajstić information content (AvgIpc) is 2.92. The molecule has 0 amide bonds. The minimum atomic E-state index is -0.776. The van der Waals surface area contributed by atoms with Gasteiger partial charge in [-0.3, -0.25) is 4.79 Å². The van der Waals surface area contributed by atoms with Gasteiger partial charge < -0.3 is 0 Å². The third kappa shape index (κ3) is 6.75. The number of benzene rings is 4. The van der Waals surface area contributed by atoms with Crippen LogP contribution in [0.15, 0.2) is 133 Å². The van der Waals surface area contributed by atoms with Crippen molar-refractivity contribution >= 4 is 36.5 Å². The Morgan fingerprint density at radius 1 is 0.686 bits per heavy atom. The number of hydrogen-bond acceptors (Lipinski definition) is 1. The summed E-state index contributed by atoms with van der Waals surface area (Å²) in [7, 11) is -0.776. The standard InChI is InChI=1S/C33H31OP/c1-2-15-33(35(29-20-11-5-12-21-29)30-22-13-6-14-23-30)31(26-28-18-9-4-10-19-28)32(34)25-24-27-16-7-3-8-17-27/h3-14,16-26,33H,2,15H2,1H3. The summed E-state index contributed by atoms with van der Waals surface area (Å²) < 4.78 is 0. The lowest BCUT2D eigenvalue weighted by Gasteiger charge is -2.30. The topological polar surface area (TPSA) is 17.1 Å². The second kappa shape index (κ2) is 12.8. The van der Waals surface area contributed by atoms with Crippen molar-refractivity contribution in [2.45, 2.75) is 25.4 Å². The van der Waals surface area contributed by atoms with E-state index >= 15 is 0 Å². The molecule has 0 N–H and O–H groups in total. The molecule has 4 aromatic rings. The van der Waals surface area contributed by atoms with Crippen molar-refractivity contribution in [2.24, 2.45) is 0 Å². The average molecular weight is 475 g/mol. The maximum Gasteiger partial charge on any atom is 0.182 e. The third-order valence-corrected chi connectivity index (χ3v) is 8.80. The summed E-state index contributed by atoms with van der Waals surface area (Å²) in [5.74, 6) is 0.0792. The van der Waals surface area contributed by atoms with Crippen LogP contribution in [0.4, 0.5) is 0 Å². The minimum absolute atomic E-state index is 0.0792. The highest BCUT2D eigenvalue weighted by Crippen LogP contribution is 2.46. The zero-order valence-corrected chi connectivity index (χ0v) is 21.0. The van der Waals surface area contributed by atoms with Crippen LogP contribution in [0.2, 0.25) is 0 Å². The van der Waals surface area contributed by atoms with Gasteiger partial charge in [-0.2, -0.15) is 0 Å². The number of ketones is 1. The summed E-state index contributed by atoms with van der Waals surface area (Å²) in [4.78, 5) is 13.9. The zero-order valence-electron chi connectivity index (χ0n) is 20.1. The van der Waals surface area contributed by atoms with Crippen LogP contribution in [0.25, 0.3) is 12.2 Å². The predicted octanol–water partition coefficient (Wildman–Crippen LogP) is 7.65. The number of carbonyl (C=O) groups is 1. The lowest BCUT2D eigenvalue weighted by Crippen LogP contribution is -2.26. The smallest absolute Gasteiger partial charge is 0.182 e. The van der Waals surface area contributed by atoms with Crippen LogP contribution in [0.1, 0.15) is 30.9 Å². The van der Waals surface area contributed by atoms with Crippen LogP contribution in [0, 0.1) is 0 Å². The van der Waals surface area contributed by atoms with E-state index in [4.69, 9.17) is 0 Å². The van der Waals surface area contributed by atoms with Crippen molar-refractivity contribution in [3.63, 3.8) is 0 Å². The second-order valence-corrected chi connectivity index (χ2v) is 10.9. The van der Waals surface area contributed by atoms with Gasteiger partial charge in [0.2, 0.25) is 0 Å². The Hall–Kier alpha value is -3.54. The lowest BCUT2D eigenvalue weighted by atomic mass is 9.99. The summed E-state index contributed by atoms with van der Waals surface area (Å²) in [6, 6.07) is 41.6. The van der Waals surface area contributed by atoms with Gasteiger partial charge in [0.1, 0.15) is 0 Å². The van der Waals surface area contributed by atoms with Crippen molar-refractivity contribution in [2.75, 3.05) is 0 Å². The Morgan fingerprint density at radius 2 is 1.14 bits per heavy atom. The minimum Gasteiger partial charge on any atom is -0.290 e.